The van der Waals surface area contributed by atoms with E-state index >= 15 is 0 Å². The van der Waals surface area contributed by atoms with Crippen LogP contribution in [0.4, 0.5) is 0 Å². The van der Waals surface area contributed by atoms with Gasteiger partial charge in [0.1, 0.15) is 6.61 Å². The Kier molecular flexibility index (Phi) is 3.74. The smallest absolute Gasteiger partial charge is 0.252 e. The van der Waals surface area contributed by atoms with E-state index in [2.05, 4.69) is 31.0 Å². The summed E-state index contributed by atoms with van der Waals surface area (Å²) in [6, 6.07) is 1.77. The lowest BCUT2D eigenvalue weighted by molar-refractivity contribution is 0.0904. The highest BCUT2D eigenvalue weighted by Crippen LogP contribution is 2.39. The van der Waals surface area contributed by atoms with Gasteiger partial charge in [0.15, 0.2) is 0 Å². The summed E-state index contributed by atoms with van der Waals surface area (Å²) >= 11 is 1.42. The third-order valence-electron chi connectivity index (χ3n) is 3.19. The maximum Gasteiger partial charge on any atom is 0.252 e. The summed E-state index contributed by atoms with van der Waals surface area (Å²) in [5, 5.41) is 13.5. The summed E-state index contributed by atoms with van der Waals surface area (Å²) in [7, 11) is 0. The lowest BCUT2D eigenvalue weighted by atomic mass is 9.98. The normalized spacial score (nSPS) is 14.8. The predicted octanol–water partition coefficient (Wildman–Crippen LogP) is 2.01. The van der Waals surface area contributed by atoms with E-state index in [4.69, 9.17) is 5.11 Å². The topological polar surface area (TPSA) is 49.3 Å². The van der Waals surface area contributed by atoms with Gasteiger partial charge in [-0.15, -0.1) is 11.3 Å². The SMILES string of the molecule is CC(C)(NC(=O)c1csc(C#CCO)c1)C1CC1. The van der Waals surface area contributed by atoms with Crippen LogP contribution in [0.15, 0.2) is 11.4 Å². The zero-order valence-electron chi connectivity index (χ0n) is 10.6. The molecule has 0 spiro atoms. The van der Waals surface area contributed by atoms with E-state index in [1.165, 1.54) is 24.2 Å². The number of aliphatic hydroxyl groups excluding tert-OH is 1. The van der Waals surface area contributed by atoms with Crippen LogP contribution in [0.2, 0.25) is 0 Å². The molecule has 0 saturated heterocycles. The van der Waals surface area contributed by atoms with Crippen molar-refractivity contribution in [3.05, 3.63) is 21.9 Å². The third kappa shape index (κ3) is 3.12. The molecule has 3 nitrogen and oxygen atoms in total. The largest absolute Gasteiger partial charge is 0.384 e. The van der Waals surface area contributed by atoms with E-state index < -0.39 is 0 Å². The monoisotopic (exact) mass is 263 g/mol. The molecule has 0 aliphatic heterocycles. The van der Waals surface area contributed by atoms with Gasteiger partial charge in [0.25, 0.3) is 5.91 Å². The lowest BCUT2D eigenvalue weighted by Crippen LogP contribution is -2.45. The van der Waals surface area contributed by atoms with E-state index in [1.807, 2.05) is 0 Å². The van der Waals surface area contributed by atoms with Crippen molar-refractivity contribution < 1.29 is 9.90 Å². The molecule has 18 heavy (non-hydrogen) atoms. The highest BCUT2D eigenvalue weighted by Gasteiger charge is 2.38. The molecule has 2 rings (SSSR count). The summed E-state index contributed by atoms with van der Waals surface area (Å²) in [5.74, 6) is 5.95. The lowest BCUT2D eigenvalue weighted by Gasteiger charge is -2.25. The molecule has 1 fully saturated rings. The number of hydrogen-bond acceptors (Lipinski definition) is 3. The van der Waals surface area contributed by atoms with E-state index in [0.29, 0.717) is 11.5 Å². The van der Waals surface area contributed by atoms with Crippen LogP contribution >= 0.6 is 11.3 Å². The Bertz CT molecular complexity index is 503. The van der Waals surface area contributed by atoms with E-state index in [0.717, 1.165) is 4.88 Å². The fourth-order valence-electron chi connectivity index (χ4n) is 1.92. The second-order valence-corrected chi connectivity index (χ2v) is 6.02. The first-order valence-electron chi connectivity index (χ1n) is 6.03. The molecule has 1 heterocycles. The molecule has 96 valence electrons. The fourth-order valence-corrected chi connectivity index (χ4v) is 2.67. The predicted molar refractivity (Wildman–Crippen MR) is 72.6 cm³/mol. The van der Waals surface area contributed by atoms with Crippen molar-refractivity contribution in [2.45, 2.75) is 32.2 Å². The molecule has 1 aliphatic carbocycles. The fraction of sp³-hybridized carbons (Fsp3) is 0.500. The first-order valence-corrected chi connectivity index (χ1v) is 6.91. The molecule has 2 N–H and O–H groups in total. The van der Waals surface area contributed by atoms with Crippen molar-refractivity contribution >= 4 is 17.2 Å². The quantitative estimate of drug-likeness (QED) is 0.820. The van der Waals surface area contributed by atoms with Gasteiger partial charge in [-0.3, -0.25) is 4.79 Å². The molecular formula is C14H17NO2S. The van der Waals surface area contributed by atoms with E-state index in [9.17, 15) is 4.79 Å². The number of carbonyl (C=O) groups is 1. The van der Waals surface area contributed by atoms with Crippen molar-refractivity contribution in [3.8, 4) is 11.8 Å². The zero-order chi connectivity index (χ0) is 13.2. The van der Waals surface area contributed by atoms with E-state index in [-0.39, 0.29) is 18.1 Å². The van der Waals surface area contributed by atoms with Crippen LogP contribution in [0.25, 0.3) is 0 Å². The van der Waals surface area contributed by atoms with Crippen molar-refractivity contribution in [2.75, 3.05) is 6.61 Å². The Morgan fingerprint density at radius 3 is 2.94 bits per heavy atom. The van der Waals surface area contributed by atoms with Gasteiger partial charge in [-0.2, -0.15) is 0 Å². The number of rotatable bonds is 3. The maximum absolute atomic E-state index is 12.1. The molecule has 1 aromatic rings. The molecule has 1 amide bonds. The van der Waals surface area contributed by atoms with Crippen LogP contribution < -0.4 is 5.32 Å². The molecule has 4 heteroatoms. The van der Waals surface area contributed by atoms with E-state index in [1.54, 1.807) is 11.4 Å². The number of nitrogens with one attached hydrogen (secondary N) is 1. The molecular weight excluding hydrogens is 246 g/mol. The van der Waals surface area contributed by atoms with Crippen LogP contribution in [-0.4, -0.2) is 23.2 Å². The summed E-state index contributed by atoms with van der Waals surface area (Å²) in [5.41, 5.74) is 0.520. The standard InChI is InChI=1S/C14H17NO2S/c1-14(2,11-5-6-11)15-13(17)10-8-12(18-9-10)4-3-7-16/h8-9,11,16H,5-7H2,1-2H3,(H,15,17). The zero-order valence-corrected chi connectivity index (χ0v) is 11.4. The van der Waals surface area contributed by atoms with Crippen LogP contribution in [0.1, 0.15) is 41.9 Å². The average molecular weight is 263 g/mol. The number of carbonyl (C=O) groups excluding carboxylic acids is 1. The molecule has 1 aliphatic rings. The van der Waals surface area contributed by atoms with Gasteiger partial charge in [-0.1, -0.05) is 11.8 Å². The summed E-state index contributed by atoms with van der Waals surface area (Å²) in [6.45, 7) is 3.98. The summed E-state index contributed by atoms with van der Waals surface area (Å²) in [4.78, 5) is 12.9. The van der Waals surface area contributed by atoms with Crippen molar-refractivity contribution in [2.24, 2.45) is 5.92 Å². The Morgan fingerprint density at radius 2 is 2.33 bits per heavy atom. The number of amides is 1. The Labute approximate surface area is 111 Å². The minimum absolute atomic E-state index is 0.0415. The molecule has 0 radical (unpaired) electrons. The van der Waals surface area contributed by atoms with Gasteiger partial charge >= 0.3 is 0 Å². The number of thiophene rings is 1. The third-order valence-corrected chi connectivity index (χ3v) is 4.03. The summed E-state index contributed by atoms with van der Waals surface area (Å²) in [6.07, 6.45) is 2.40. The molecule has 0 bridgehead atoms. The highest BCUT2D eigenvalue weighted by atomic mass is 32.1. The molecule has 0 atom stereocenters. The van der Waals surface area contributed by atoms with Gasteiger partial charge in [0, 0.05) is 10.9 Å². The minimum Gasteiger partial charge on any atom is -0.384 e. The van der Waals surface area contributed by atoms with Crippen molar-refractivity contribution in [1.82, 2.24) is 5.32 Å². The average Bonchev–Trinajstić information content (AvgIpc) is 3.06. The van der Waals surface area contributed by atoms with Gasteiger partial charge in [0.05, 0.1) is 10.4 Å². The maximum atomic E-state index is 12.1. The minimum atomic E-state index is -0.159. The molecule has 1 saturated carbocycles. The van der Waals surface area contributed by atoms with Crippen molar-refractivity contribution in [3.63, 3.8) is 0 Å². The van der Waals surface area contributed by atoms with Gasteiger partial charge in [0.2, 0.25) is 0 Å². The molecule has 1 aromatic heterocycles. The van der Waals surface area contributed by atoms with Gasteiger partial charge in [-0.25, -0.2) is 0 Å². The Hall–Kier alpha value is -1.31. The van der Waals surface area contributed by atoms with Crippen LogP contribution in [0.5, 0.6) is 0 Å². The first-order chi connectivity index (χ1) is 8.53. The van der Waals surface area contributed by atoms with Crippen LogP contribution in [-0.2, 0) is 0 Å². The number of hydrogen-bond donors (Lipinski definition) is 2. The van der Waals surface area contributed by atoms with Gasteiger partial charge < -0.3 is 10.4 Å². The van der Waals surface area contributed by atoms with Crippen molar-refractivity contribution in [1.29, 1.82) is 0 Å². The molecule has 0 aromatic carbocycles. The van der Waals surface area contributed by atoms with Crippen LogP contribution in [0.3, 0.4) is 0 Å². The Morgan fingerprint density at radius 1 is 1.61 bits per heavy atom. The number of aliphatic hydroxyl groups is 1. The summed E-state index contributed by atoms with van der Waals surface area (Å²) < 4.78 is 0. The van der Waals surface area contributed by atoms with Gasteiger partial charge in [-0.05, 0) is 38.7 Å². The Balaban J connectivity index is 2.02. The highest BCUT2D eigenvalue weighted by molar-refractivity contribution is 7.10. The second-order valence-electron chi connectivity index (χ2n) is 5.11. The van der Waals surface area contributed by atoms with Crippen LogP contribution in [0, 0.1) is 17.8 Å². The molecule has 0 unspecified atom stereocenters. The second kappa shape index (κ2) is 5.13. The first kappa shape index (κ1) is 13.1.